The first-order valence-electron chi connectivity index (χ1n) is 9.35. The second-order valence-corrected chi connectivity index (χ2v) is 7.91. The van der Waals surface area contributed by atoms with Crippen molar-refractivity contribution < 1.29 is 9.90 Å². The zero-order valence-electron chi connectivity index (χ0n) is 16.7. The summed E-state index contributed by atoms with van der Waals surface area (Å²) in [5.41, 5.74) is 2.21. The smallest absolute Gasteiger partial charge is 0.300 e. The molecular formula is C18H25N7O3S. The fourth-order valence-electron chi connectivity index (χ4n) is 3.25. The summed E-state index contributed by atoms with van der Waals surface area (Å²) in [5, 5.41) is 23.4. The van der Waals surface area contributed by atoms with E-state index < -0.39 is 5.97 Å². The lowest BCUT2D eigenvalue weighted by molar-refractivity contribution is -0.134. The highest BCUT2D eigenvalue weighted by atomic mass is 32.2. The number of aryl methyl sites for hydroxylation is 1. The summed E-state index contributed by atoms with van der Waals surface area (Å²) in [5.74, 6) is 1.20. The maximum absolute atomic E-state index is 12.1. The van der Waals surface area contributed by atoms with Gasteiger partial charge in [-0.05, 0) is 26.3 Å². The number of nitrogens with one attached hydrogen (secondary N) is 2. The van der Waals surface area contributed by atoms with Gasteiger partial charge in [0.15, 0.2) is 10.8 Å². The van der Waals surface area contributed by atoms with Crippen LogP contribution in [-0.4, -0.2) is 53.5 Å². The van der Waals surface area contributed by atoms with Gasteiger partial charge in [-0.1, -0.05) is 11.8 Å². The number of carbonyl (C=O) groups is 1. The van der Waals surface area contributed by atoms with Gasteiger partial charge in [0.1, 0.15) is 5.82 Å². The van der Waals surface area contributed by atoms with Crippen molar-refractivity contribution in [2.75, 3.05) is 13.1 Å². The number of nitrogens with zero attached hydrogens (tertiary/aromatic N) is 5. The minimum Gasteiger partial charge on any atom is -0.481 e. The van der Waals surface area contributed by atoms with E-state index in [1.807, 2.05) is 20.0 Å². The highest BCUT2D eigenvalue weighted by molar-refractivity contribution is 7.98. The highest BCUT2D eigenvalue weighted by Crippen LogP contribution is 2.26. The Kier molecular flexibility index (Phi) is 6.70. The lowest BCUT2D eigenvalue weighted by Gasteiger charge is -2.21. The van der Waals surface area contributed by atoms with E-state index in [0.717, 1.165) is 48.8 Å². The Bertz CT molecular complexity index is 1050. The van der Waals surface area contributed by atoms with Crippen molar-refractivity contribution in [3.05, 3.63) is 39.7 Å². The van der Waals surface area contributed by atoms with Crippen LogP contribution < -0.4 is 10.9 Å². The number of aromatic nitrogens is 6. The van der Waals surface area contributed by atoms with Gasteiger partial charge in [0.2, 0.25) is 0 Å². The molecule has 156 valence electrons. The van der Waals surface area contributed by atoms with Crippen molar-refractivity contribution in [3.8, 4) is 0 Å². The molecule has 10 nitrogen and oxygen atoms in total. The van der Waals surface area contributed by atoms with Crippen molar-refractivity contribution in [1.82, 2.24) is 34.7 Å². The molecule has 1 atom stereocenters. The van der Waals surface area contributed by atoms with Crippen LogP contribution in [0.5, 0.6) is 0 Å². The van der Waals surface area contributed by atoms with Crippen molar-refractivity contribution in [1.29, 1.82) is 0 Å². The van der Waals surface area contributed by atoms with Gasteiger partial charge in [0.25, 0.3) is 11.5 Å². The van der Waals surface area contributed by atoms with E-state index in [1.165, 1.54) is 10.9 Å². The zero-order chi connectivity index (χ0) is 21.0. The summed E-state index contributed by atoms with van der Waals surface area (Å²) in [6.07, 6.45) is 2.31. The molecule has 11 heteroatoms. The SMILES string of the molecule is CC(=O)O.Cc1cc2nc(CSc3nnc(C4CCCNC4)n3C)cc(=O)n2[nH]1. The Labute approximate surface area is 171 Å². The number of H-pyrrole nitrogens is 1. The second-order valence-electron chi connectivity index (χ2n) is 6.97. The molecule has 3 aromatic rings. The summed E-state index contributed by atoms with van der Waals surface area (Å²) in [7, 11) is 2.01. The third kappa shape index (κ3) is 5.24. The summed E-state index contributed by atoms with van der Waals surface area (Å²) in [6.45, 7) is 5.03. The first kappa shape index (κ1) is 21.1. The molecule has 0 aliphatic carbocycles. The van der Waals surface area contributed by atoms with Gasteiger partial charge >= 0.3 is 0 Å². The molecule has 0 spiro atoms. The van der Waals surface area contributed by atoms with Crippen molar-refractivity contribution >= 4 is 23.4 Å². The first-order chi connectivity index (χ1) is 13.8. The predicted molar refractivity (Wildman–Crippen MR) is 109 cm³/mol. The Morgan fingerprint density at radius 2 is 2.14 bits per heavy atom. The molecule has 4 heterocycles. The van der Waals surface area contributed by atoms with E-state index in [9.17, 15) is 4.79 Å². The molecule has 0 bridgehead atoms. The summed E-state index contributed by atoms with van der Waals surface area (Å²) >= 11 is 1.56. The fourth-order valence-corrected chi connectivity index (χ4v) is 4.06. The number of carboxylic acid groups (broad SMARTS) is 1. The molecule has 0 saturated carbocycles. The van der Waals surface area contributed by atoms with Crippen LogP contribution in [0.3, 0.4) is 0 Å². The van der Waals surface area contributed by atoms with Gasteiger partial charge in [-0.25, -0.2) is 9.50 Å². The van der Waals surface area contributed by atoms with E-state index in [4.69, 9.17) is 9.90 Å². The van der Waals surface area contributed by atoms with Crippen LogP contribution in [0.25, 0.3) is 5.65 Å². The molecule has 3 aromatic heterocycles. The fraction of sp³-hybridized carbons (Fsp3) is 0.500. The lowest BCUT2D eigenvalue weighted by atomic mass is 9.99. The topological polar surface area (TPSA) is 130 Å². The van der Waals surface area contributed by atoms with Crippen LogP contribution in [0.15, 0.2) is 22.1 Å². The van der Waals surface area contributed by atoms with Crippen LogP contribution in [0.1, 0.15) is 42.9 Å². The number of thioether (sulfide) groups is 1. The number of aromatic amines is 1. The molecule has 0 radical (unpaired) electrons. The zero-order valence-corrected chi connectivity index (χ0v) is 17.5. The Morgan fingerprint density at radius 3 is 2.83 bits per heavy atom. The normalized spacial score (nSPS) is 16.4. The van der Waals surface area contributed by atoms with Crippen molar-refractivity contribution in [3.63, 3.8) is 0 Å². The van der Waals surface area contributed by atoms with Gasteiger partial charge in [0.05, 0.1) is 5.69 Å². The number of fused-ring (bicyclic) bond motifs is 1. The molecule has 1 aliphatic heterocycles. The molecule has 1 aliphatic rings. The van der Waals surface area contributed by atoms with Crippen LogP contribution in [0.2, 0.25) is 0 Å². The van der Waals surface area contributed by atoms with E-state index in [-0.39, 0.29) is 5.56 Å². The maximum Gasteiger partial charge on any atom is 0.300 e. The standard InChI is InChI=1S/C16H21N7OS.C2H4O2/c1-10-6-13-18-12(7-14(24)23(13)21-10)9-25-16-20-19-15(22(16)2)11-4-3-5-17-8-11;1-2(3)4/h6-7,11,17,21H,3-5,8-9H2,1-2H3;1H3,(H,3,4). The highest BCUT2D eigenvalue weighted by Gasteiger charge is 2.21. The van der Waals surface area contributed by atoms with Crippen molar-refractivity contribution in [2.45, 2.75) is 43.5 Å². The molecule has 0 aromatic carbocycles. The number of piperidine rings is 1. The number of rotatable bonds is 4. The minimum atomic E-state index is -0.833. The van der Waals surface area contributed by atoms with E-state index >= 15 is 0 Å². The predicted octanol–water partition coefficient (Wildman–Crippen LogP) is 1.31. The summed E-state index contributed by atoms with van der Waals surface area (Å²) in [4.78, 5) is 25.7. The second kappa shape index (κ2) is 9.23. The molecule has 3 N–H and O–H groups in total. The molecule has 4 rings (SSSR count). The molecule has 0 amide bonds. The monoisotopic (exact) mass is 419 g/mol. The van der Waals surface area contributed by atoms with E-state index in [2.05, 4.69) is 30.2 Å². The van der Waals surface area contributed by atoms with Crippen LogP contribution in [0.4, 0.5) is 0 Å². The Hall–Kier alpha value is -2.66. The molecular weight excluding hydrogens is 394 g/mol. The molecule has 1 saturated heterocycles. The van der Waals surface area contributed by atoms with Gasteiger partial charge in [-0.15, -0.1) is 10.2 Å². The van der Waals surface area contributed by atoms with Gasteiger partial charge < -0.3 is 15.0 Å². The number of aliphatic carboxylic acids is 1. The lowest BCUT2D eigenvalue weighted by Crippen LogP contribution is -2.29. The van der Waals surface area contributed by atoms with Crippen LogP contribution >= 0.6 is 11.8 Å². The average molecular weight is 420 g/mol. The van der Waals surface area contributed by atoms with Gasteiger partial charge in [0, 0.05) is 50.0 Å². The van der Waals surface area contributed by atoms with Gasteiger partial charge in [-0.2, -0.15) is 0 Å². The van der Waals surface area contributed by atoms with Crippen LogP contribution in [0, 0.1) is 6.92 Å². The Morgan fingerprint density at radius 1 is 1.38 bits per heavy atom. The average Bonchev–Trinajstić information content (AvgIpc) is 3.22. The van der Waals surface area contributed by atoms with Gasteiger partial charge in [-0.3, -0.25) is 14.7 Å². The Balaban J connectivity index is 0.000000552. The first-order valence-corrected chi connectivity index (χ1v) is 10.3. The molecule has 29 heavy (non-hydrogen) atoms. The maximum atomic E-state index is 12.1. The number of hydrogen-bond acceptors (Lipinski definition) is 7. The number of hydrogen-bond donors (Lipinski definition) is 3. The van der Waals surface area contributed by atoms with E-state index in [0.29, 0.717) is 17.3 Å². The summed E-state index contributed by atoms with van der Waals surface area (Å²) < 4.78 is 3.52. The third-order valence-corrected chi connectivity index (χ3v) is 5.57. The largest absolute Gasteiger partial charge is 0.481 e. The van der Waals surface area contributed by atoms with Crippen LogP contribution in [-0.2, 0) is 17.6 Å². The molecule has 1 unspecified atom stereocenters. The quantitative estimate of drug-likeness (QED) is 0.540. The minimum absolute atomic E-state index is 0.0966. The van der Waals surface area contributed by atoms with E-state index in [1.54, 1.807) is 17.8 Å². The van der Waals surface area contributed by atoms with Crippen molar-refractivity contribution in [2.24, 2.45) is 7.05 Å². The molecule has 1 fully saturated rings. The summed E-state index contributed by atoms with van der Waals surface area (Å²) in [6, 6.07) is 3.43. The number of carboxylic acids is 1. The third-order valence-electron chi connectivity index (χ3n) is 4.51.